The maximum absolute atomic E-state index is 13.7. The molecule has 0 aliphatic heterocycles. The zero-order valence-electron chi connectivity index (χ0n) is 18.4. The molecule has 9 heteroatoms. The van der Waals surface area contributed by atoms with E-state index in [1.807, 2.05) is 31.2 Å². The van der Waals surface area contributed by atoms with Gasteiger partial charge in [-0.15, -0.1) is 11.3 Å². The highest BCUT2D eigenvalue weighted by Gasteiger charge is 2.24. The smallest absolute Gasteiger partial charge is 0.267 e. The van der Waals surface area contributed by atoms with Crippen molar-refractivity contribution in [3.05, 3.63) is 68.8 Å². The minimum Gasteiger partial charge on any atom is -0.504 e. The lowest BCUT2D eigenvalue weighted by Gasteiger charge is -2.13. The van der Waals surface area contributed by atoms with Crippen LogP contribution in [0, 0.1) is 0 Å². The molecule has 0 saturated carbocycles. The van der Waals surface area contributed by atoms with Gasteiger partial charge in [-0.1, -0.05) is 11.8 Å². The second-order valence-corrected chi connectivity index (χ2v) is 9.94. The monoisotopic (exact) mass is 494 g/mol. The Morgan fingerprint density at radius 1 is 1.15 bits per heavy atom. The maximum atomic E-state index is 13.7. The number of thioether (sulfide) groups is 1. The van der Waals surface area contributed by atoms with Crippen LogP contribution in [-0.2, 0) is 12.8 Å². The molecule has 0 radical (unpaired) electrons. The summed E-state index contributed by atoms with van der Waals surface area (Å²) in [5.74, 6) is -0.159. The quantitative estimate of drug-likeness (QED) is 0.166. The van der Waals surface area contributed by atoms with E-state index in [2.05, 4.69) is 0 Å². The molecule has 1 aliphatic carbocycles. The van der Waals surface area contributed by atoms with E-state index in [1.54, 1.807) is 15.9 Å². The Bertz CT molecular complexity index is 1460. The topological polar surface area (TPSA) is 102 Å². The van der Waals surface area contributed by atoms with E-state index in [0.717, 1.165) is 24.8 Å². The fourth-order valence-electron chi connectivity index (χ4n) is 4.12. The standard InChI is InChI=1S/C25H22N2O5S2/c1-2-32-16-9-7-15(8-10-16)27-24(31)22-17-4-3-5-21(17)34-23(22)26-25(27)33-13-20(30)14-6-11-18(28)19(29)12-14/h6-12,28-29H,2-5,13H2,1H3. The Balaban J connectivity index is 1.55. The number of hydrogen-bond donors (Lipinski definition) is 2. The largest absolute Gasteiger partial charge is 0.504 e. The normalized spacial score (nSPS) is 12.7. The molecule has 0 saturated heterocycles. The molecule has 5 rings (SSSR count). The van der Waals surface area contributed by atoms with Crippen LogP contribution in [0.3, 0.4) is 0 Å². The molecule has 2 N–H and O–H groups in total. The lowest BCUT2D eigenvalue weighted by molar-refractivity contribution is 0.102. The van der Waals surface area contributed by atoms with Crippen molar-refractivity contribution in [2.45, 2.75) is 31.3 Å². The van der Waals surface area contributed by atoms with Crippen molar-refractivity contribution in [1.29, 1.82) is 0 Å². The third kappa shape index (κ3) is 4.05. The van der Waals surface area contributed by atoms with E-state index in [-0.39, 0.29) is 34.2 Å². The van der Waals surface area contributed by atoms with E-state index in [0.29, 0.717) is 33.4 Å². The zero-order chi connectivity index (χ0) is 23.8. The lowest BCUT2D eigenvalue weighted by Crippen LogP contribution is -2.22. The summed E-state index contributed by atoms with van der Waals surface area (Å²) in [6.45, 7) is 2.46. The van der Waals surface area contributed by atoms with Gasteiger partial charge in [0.05, 0.1) is 23.4 Å². The average Bonchev–Trinajstić information content (AvgIpc) is 3.41. The van der Waals surface area contributed by atoms with Gasteiger partial charge < -0.3 is 14.9 Å². The third-order valence-corrected chi connectivity index (χ3v) is 7.87. The summed E-state index contributed by atoms with van der Waals surface area (Å²) in [6.07, 6.45) is 2.89. The summed E-state index contributed by atoms with van der Waals surface area (Å²) in [6, 6.07) is 11.2. The molecule has 2 aromatic carbocycles. The first-order valence-corrected chi connectivity index (χ1v) is 12.7. The Morgan fingerprint density at radius 3 is 2.68 bits per heavy atom. The van der Waals surface area contributed by atoms with E-state index in [9.17, 15) is 19.8 Å². The lowest BCUT2D eigenvalue weighted by atomic mass is 10.1. The number of carbonyl (C=O) groups is 1. The molecule has 174 valence electrons. The Morgan fingerprint density at radius 2 is 1.94 bits per heavy atom. The first kappa shape index (κ1) is 22.5. The van der Waals surface area contributed by atoms with Crippen molar-refractivity contribution in [3.63, 3.8) is 0 Å². The highest BCUT2D eigenvalue weighted by atomic mass is 32.2. The average molecular weight is 495 g/mol. The number of ether oxygens (including phenoxy) is 1. The number of phenols is 2. The van der Waals surface area contributed by atoms with Crippen LogP contribution >= 0.6 is 23.1 Å². The summed E-state index contributed by atoms with van der Waals surface area (Å²) in [7, 11) is 0. The number of Topliss-reactive ketones (excluding diaryl/α,β-unsaturated/α-hetero) is 1. The van der Waals surface area contributed by atoms with Gasteiger partial charge in [0.2, 0.25) is 0 Å². The fourth-order valence-corrected chi connectivity index (χ4v) is 6.33. The summed E-state index contributed by atoms with van der Waals surface area (Å²) < 4.78 is 7.10. The third-order valence-electron chi connectivity index (χ3n) is 5.74. The first-order valence-electron chi connectivity index (χ1n) is 10.9. The Hall–Kier alpha value is -3.30. The maximum Gasteiger partial charge on any atom is 0.267 e. The van der Waals surface area contributed by atoms with Crippen LogP contribution < -0.4 is 10.3 Å². The van der Waals surface area contributed by atoms with E-state index >= 15 is 0 Å². The van der Waals surface area contributed by atoms with Crippen LogP contribution in [0.25, 0.3) is 15.9 Å². The van der Waals surface area contributed by atoms with Crippen molar-refractivity contribution >= 4 is 39.1 Å². The first-order chi connectivity index (χ1) is 16.5. The minimum atomic E-state index is -0.352. The van der Waals surface area contributed by atoms with Crippen molar-refractivity contribution in [3.8, 4) is 22.9 Å². The number of fused-ring (bicyclic) bond motifs is 3. The number of aromatic nitrogens is 2. The Kier molecular flexibility index (Phi) is 6.05. The van der Waals surface area contributed by atoms with Crippen LogP contribution in [-0.4, -0.2) is 37.9 Å². The van der Waals surface area contributed by atoms with Gasteiger partial charge in [0, 0.05) is 10.4 Å². The number of aryl methyl sites for hydroxylation is 2. The molecular formula is C25H22N2O5S2. The number of rotatable bonds is 7. The minimum absolute atomic E-state index is 0.0181. The van der Waals surface area contributed by atoms with Crippen LogP contribution in [0.2, 0.25) is 0 Å². The van der Waals surface area contributed by atoms with Crippen LogP contribution in [0.5, 0.6) is 17.2 Å². The predicted molar refractivity (Wildman–Crippen MR) is 133 cm³/mol. The van der Waals surface area contributed by atoms with E-state index in [1.165, 1.54) is 34.8 Å². The number of hydrogen-bond acceptors (Lipinski definition) is 8. The van der Waals surface area contributed by atoms with Crippen molar-refractivity contribution in [2.24, 2.45) is 0 Å². The highest BCUT2D eigenvalue weighted by molar-refractivity contribution is 7.99. The van der Waals surface area contributed by atoms with Gasteiger partial charge in [0.15, 0.2) is 22.4 Å². The summed E-state index contributed by atoms with van der Waals surface area (Å²) in [5.41, 5.74) is 1.89. The summed E-state index contributed by atoms with van der Waals surface area (Å²) >= 11 is 2.73. The summed E-state index contributed by atoms with van der Waals surface area (Å²) in [4.78, 5) is 33.2. The van der Waals surface area contributed by atoms with Gasteiger partial charge in [-0.25, -0.2) is 4.98 Å². The number of benzene rings is 2. The van der Waals surface area contributed by atoms with E-state index in [4.69, 9.17) is 9.72 Å². The van der Waals surface area contributed by atoms with Gasteiger partial charge >= 0.3 is 0 Å². The molecule has 4 aromatic rings. The van der Waals surface area contributed by atoms with Crippen LogP contribution in [0.1, 0.15) is 34.1 Å². The van der Waals surface area contributed by atoms with Crippen LogP contribution in [0.15, 0.2) is 52.4 Å². The van der Waals surface area contributed by atoms with Crippen molar-refractivity contribution < 1.29 is 19.7 Å². The van der Waals surface area contributed by atoms with E-state index < -0.39 is 0 Å². The molecule has 0 spiro atoms. The number of aromatic hydroxyl groups is 2. The molecule has 0 bridgehead atoms. The number of phenolic OH excluding ortho intramolecular Hbond substituents is 2. The molecule has 1 aliphatic rings. The molecule has 34 heavy (non-hydrogen) atoms. The van der Waals surface area contributed by atoms with Gasteiger partial charge in [-0.2, -0.15) is 0 Å². The SMILES string of the molecule is CCOc1ccc(-n2c(SCC(=O)c3ccc(O)c(O)c3)nc3sc4c(c3c2=O)CCC4)cc1. The van der Waals surface area contributed by atoms with Gasteiger partial charge in [0.1, 0.15) is 10.6 Å². The number of thiophene rings is 1. The van der Waals surface area contributed by atoms with Crippen molar-refractivity contribution in [1.82, 2.24) is 9.55 Å². The molecule has 0 amide bonds. The van der Waals surface area contributed by atoms with Gasteiger partial charge in [-0.3, -0.25) is 14.2 Å². The second-order valence-electron chi connectivity index (χ2n) is 7.91. The number of ketones is 1. The molecule has 0 atom stereocenters. The highest BCUT2D eigenvalue weighted by Crippen LogP contribution is 2.36. The van der Waals surface area contributed by atoms with Gasteiger partial charge in [0.25, 0.3) is 5.56 Å². The molecule has 2 heterocycles. The second kappa shape index (κ2) is 9.15. The van der Waals surface area contributed by atoms with Gasteiger partial charge in [-0.05, 0) is 74.2 Å². The predicted octanol–water partition coefficient (Wildman–Crippen LogP) is 4.72. The van der Waals surface area contributed by atoms with Crippen LogP contribution in [0.4, 0.5) is 0 Å². The summed E-state index contributed by atoms with van der Waals surface area (Å²) in [5, 5.41) is 20.3. The number of nitrogens with zero attached hydrogens (tertiary/aromatic N) is 2. The fraction of sp³-hybridized carbons (Fsp3) is 0.240. The molecule has 0 fully saturated rings. The molecule has 2 aromatic heterocycles. The number of carbonyl (C=O) groups excluding carboxylic acids is 1. The zero-order valence-corrected chi connectivity index (χ0v) is 20.0. The molecular weight excluding hydrogens is 472 g/mol. The molecule has 7 nitrogen and oxygen atoms in total. The van der Waals surface area contributed by atoms with Crippen molar-refractivity contribution in [2.75, 3.05) is 12.4 Å². The molecule has 0 unspecified atom stereocenters. The Labute approximate surface area is 203 Å².